The van der Waals surface area contributed by atoms with Crippen LogP contribution in [0.5, 0.6) is 0 Å². The van der Waals surface area contributed by atoms with Gasteiger partial charge in [-0.25, -0.2) is 0 Å². The summed E-state index contributed by atoms with van der Waals surface area (Å²) in [6.45, 7) is 1.11. The molecule has 0 spiro atoms. The van der Waals surface area contributed by atoms with Crippen LogP contribution in [0.25, 0.3) is 0 Å². The molecule has 0 aromatic carbocycles. The first kappa shape index (κ1) is 10.0. The Morgan fingerprint density at radius 3 is 2.33 bits per heavy atom. The van der Waals surface area contributed by atoms with E-state index in [0.717, 1.165) is 12.5 Å². The largest absolute Gasteiger partial charge is 0.318 e. The molecule has 1 atom stereocenters. The Hall–Kier alpha value is -0.0800. The second-order valence-electron chi connectivity index (χ2n) is 3.85. The fourth-order valence-corrected chi connectivity index (χ4v) is 2.26. The van der Waals surface area contributed by atoms with E-state index in [1.807, 2.05) is 7.05 Å². The smallest absolute Gasteiger partial charge is 0.0217 e. The number of rotatable bonds is 4. The highest BCUT2D eigenvalue weighted by Gasteiger charge is 2.21. The molecule has 1 fully saturated rings. The summed E-state index contributed by atoms with van der Waals surface area (Å²) >= 11 is 0. The van der Waals surface area contributed by atoms with Crippen molar-refractivity contribution < 1.29 is 0 Å². The van der Waals surface area contributed by atoms with Crippen molar-refractivity contribution in [3.63, 3.8) is 0 Å². The summed E-state index contributed by atoms with van der Waals surface area (Å²) in [6.07, 6.45) is 7.17. The van der Waals surface area contributed by atoms with Gasteiger partial charge in [-0.15, -0.1) is 0 Å². The zero-order valence-electron chi connectivity index (χ0n) is 8.40. The van der Waals surface area contributed by atoms with E-state index in [1.54, 1.807) is 0 Å². The highest BCUT2D eigenvalue weighted by Crippen LogP contribution is 2.25. The van der Waals surface area contributed by atoms with Crippen molar-refractivity contribution in [1.82, 2.24) is 10.6 Å². The molecule has 0 saturated heterocycles. The maximum absolute atomic E-state index is 3.41. The van der Waals surface area contributed by atoms with E-state index in [-0.39, 0.29) is 0 Å². The molecule has 2 N–H and O–H groups in total. The van der Waals surface area contributed by atoms with Crippen LogP contribution in [0.4, 0.5) is 0 Å². The molecule has 12 heavy (non-hydrogen) atoms. The van der Waals surface area contributed by atoms with Crippen molar-refractivity contribution in [1.29, 1.82) is 0 Å². The molecular formula is C10H22N2. The van der Waals surface area contributed by atoms with Gasteiger partial charge in [0.1, 0.15) is 0 Å². The monoisotopic (exact) mass is 170 g/mol. The molecule has 0 heterocycles. The van der Waals surface area contributed by atoms with Gasteiger partial charge in [0.15, 0.2) is 0 Å². The van der Waals surface area contributed by atoms with Gasteiger partial charge >= 0.3 is 0 Å². The van der Waals surface area contributed by atoms with Crippen LogP contribution in [0.1, 0.15) is 32.1 Å². The van der Waals surface area contributed by atoms with E-state index >= 15 is 0 Å². The minimum atomic E-state index is 0.690. The van der Waals surface area contributed by atoms with Crippen molar-refractivity contribution >= 4 is 0 Å². The van der Waals surface area contributed by atoms with Crippen molar-refractivity contribution in [2.45, 2.75) is 38.1 Å². The molecule has 1 aliphatic carbocycles. The molecule has 0 aromatic rings. The molecule has 72 valence electrons. The zero-order chi connectivity index (χ0) is 8.81. The first-order valence-electron chi connectivity index (χ1n) is 5.20. The SMILES string of the molecule is CNCC(NC)C1CCCCC1. The van der Waals surface area contributed by atoms with Crippen LogP contribution >= 0.6 is 0 Å². The van der Waals surface area contributed by atoms with Crippen LogP contribution in [-0.4, -0.2) is 26.7 Å². The average Bonchev–Trinajstić information content (AvgIpc) is 2.15. The van der Waals surface area contributed by atoms with Crippen molar-refractivity contribution in [2.75, 3.05) is 20.6 Å². The summed E-state index contributed by atoms with van der Waals surface area (Å²) in [5, 5.41) is 6.66. The van der Waals surface area contributed by atoms with E-state index in [0.29, 0.717) is 6.04 Å². The first-order valence-corrected chi connectivity index (χ1v) is 5.20. The van der Waals surface area contributed by atoms with Crippen LogP contribution < -0.4 is 10.6 Å². The van der Waals surface area contributed by atoms with Gasteiger partial charge in [-0.1, -0.05) is 19.3 Å². The fourth-order valence-electron chi connectivity index (χ4n) is 2.26. The minimum absolute atomic E-state index is 0.690. The molecule has 0 aliphatic heterocycles. The highest BCUT2D eigenvalue weighted by atomic mass is 14.9. The maximum atomic E-state index is 3.41. The standard InChI is InChI=1S/C10H22N2/c1-11-8-10(12-2)9-6-4-3-5-7-9/h9-12H,3-8H2,1-2H3. The maximum Gasteiger partial charge on any atom is 0.0217 e. The Bertz CT molecular complexity index is 106. The second-order valence-corrected chi connectivity index (χ2v) is 3.85. The topological polar surface area (TPSA) is 24.1 Å². The Balaban J connectivity index is 2.29. The van der Waals surface area contributed by atoms with Crippen LogP contribution in [0, 0.1) is 5.92 Å². The Morgan fingerprint density at radius 1 is 1.17 bits per heavy atom. The third-order valence-corrected chi connectivity index (χ3v) is 3.01. The fraction of sp³-hybridized carbons (Fsp3) is 1.00. The number of hydrogen-bond acceptors (Lipinski definition) is 2. The lowest BCUT2D eigenvalue weighted by molar-refractivity contribution is 0.274. The lowest BCUT2D eigenvalue weighted by atomic mass is 9.84. The van der Waals surface area contributed by atoms with Gasteiger partial charge in [-0.2, -0.15) is 0 Å². The van der Waals surface area contributed by atoms with Gasteiger partial charge < -0.3 is 10.6 Å². The van der Waals surface area contributed by atoms with E-state index in [1.165, 1.54) is 32.1 Å². The molecule has 0 radical (unpaired) electrons. The van der Waals surface area contributed by atoms with E-state index in [2.05, 4.69) is 17.7 Å². The van der Waals surface area contributed by atoms with Gasteiger partial charge in [0, 0.05) is 12.6 Å². The summed E-state index contributed by atoms with van der Waals surface area (Å²) in [7, 11) is 4.11. The van der Waals surface area contributed by atoms with Crippen LogP contribution in [0.15, 0.2) is 0 Å². The lowest BCUT2D eigenvalue weighted by Crippen LogP contribution is -2.41. The molecule has 2 nitrogen and oxygen atoms in total. The second kappa shape index (κ2) is 5.55. The molecule has 1 aliphatic rings. The molecule has 1 unspecified atom stereocenters. The van der Waals surface area contributed by atoms with Crippen LogP contribution in [0.3, 0.4) is 0 Å². The van der Waals surface area contributed by atoms with Crippen molar-refractivity contribution in [3.8, 4) is 0 Å². The predicted octanol–water partition coefficient (Wildman–Crippen LogP) is 1.37. The Kier molecular flexibility index (Phi) is 4.62. The first-order chi connectivity index (χ1) is 5.88. The molecular weight excluding hydrogens is 148 g/mol. The van der Waals surface area contributed by atoms with E-state index < -0.39 is 0 Å². The zero-order valence-corrected chi connectivity index (χ0v) is 8.40. The molecule has 1 rings (SSSR count). The third kappa shape index (κ3) is 2.76. The lowest BCUT2D eigenvalue weighted by Gasteiger charge is -2.29. The van der Waals surface area contributed by atoms with Crippen molar-refractivity contribution in [3.05, 3.63) is 0 Å². The number of likely N-dealkylation sites (N-methyl/N-ethyl adjacent to an activating group) is 2. The van der Waals surface area contributed by atoms with Crippen molar-refractivity contribution in [2.24, 2.45) is 5.92 Å². The summed E-state index contributed by atoms with van der Waals surface area (Å²) in [5.74, 6) is 0.913. The van der Waals surface area contributed by atoms with Crippen LogP contribution in [0.2, 0.25) is 0 Å². The van der Waals surface area contributed by atoms with Crippen LogP contribution in [-0.2, 0) is 0 Å². The van der Waals surface area contributed by atoms with E-state index in [4.69, 9.17) is 0 Å². The van der Waals surface area contributed by atoms with Gasteiger partial charge in [0.05, 0.1) is 0 Å². The van der Waals surface area contributed by atoms with Gasteiger partial charge in [0.2, 0.25) is 0 Å². The number of nitrogens with one attached hydrogen (secondary N) is 2. The Labute approximate surface area is 76.1 Å². The third-order valence-electron chi connectivity index (χ3n) is 3.01. The summed E-state index contributed by atoms with van der Waals surface area (Å²) in [6, 6.07) is 0.690. The number of hydrogen-bond donors (Lipinski definition) is 2. The summed E-state index contributed by atoms with van der Waals surface area (Å²) in [5.41, 5.74) is 0. The Morgan fingerprint density at radius 2 is 1.83 bits per heavy atom. The normalized spacial score (nSPS) is 22.5. The quantitative estimate of drug-likeness (QED) is 0.666. The average molecular weight is 170 g/mol. The molecule has 1 saturated carbocycles. The van der Waals surface area contributed by atoms with E-state index in [9.17, 15) is 0 Å². The molecule has 0 bridgehead atoms. The molecule has 2 heteroatoms. The summed E-state index contributed by atoms with van der Waals surface area (Å²) in [4.78, 5) is 0. The predicted molar refractivity (Wildman–Crippen MR) is 53.3 cm³/mol. The highest BCUT2D eigenvalue weighted by molar-refractivity contribution is 4.79. The van der Waals surface area contributed by atoms with Gasteiger partial charge in [-0.3, -0.25) is 0 Å². The molecule has 0 aromatic heterocycles. The van der Waals surface area contributed by atoms with Gasteiger partial charge in [-0.05, 0) is 32.9 Å². The minimum Gasteiger partial charge on any atom is -0.318 e. The molecule has 0 amide bonds. The summed E-state index contributed by atoms with van der Waals surface area (Å²) < 4.78 is 0. The van der Waals surface area contributed by atoms with Gasteiger partial charge in [0.25, 0.3) is 0 Å².